The summed E-state index contributed by atoms with van der Waals surface area (Å²) in [5, 5.41) is 9.85. The highest BCUT2D eigenvalue weighted by atomic mass is 14.8. The molecule has 0 bridgehead atoms. The zero-order valence-corrected chi connectivity index (χ0v) is 8.20. The maximum atomic E-state index is 6.78. The quantitative estimate of drug-likeness (QED) is 0.550. The van der Waals surface area contributed by atoms with Crippen LogP contribution in [-0.2, 0) is 0 Å². The van der Waals surface area contributed by atoms with Gasteiger partial charge in [0.25, 0.3) is 0 Å². The molecule has 0 aliphatic rings. The molecule has 2 nitrogen and oxygen atoms in total. The van der Waals surface area contributed by atoms with E-state index >= 15 is 0 Å². The molecular formula is C12H14N2. The van der Waals surface area contributed by atoms with Gasteiger partial charge >= 0.3 is 0 Å². The van der Waals surface area contributed by atoms with Crippen LogP contribution in [0.15, 0.2) is 42.5 Å². The molecule has 0 saturated carbocycles. The molecule has 0 radical (unpaired) electrons. The first kappa shape index (κ1) is 10.3. The molecule has 72 valence electrons. The summed E-state index contributed by atoms with van der Waals surface area (Å²) in [5.41, 5.74) is 2.26. The minimum absolute atomic E-state index is 1.11. The van der Waals surface area contributed by atoms with E-state index in [4.69, 9.17) is 5.41 Å². The van der Waals surface area contributed by atoms with Gasteiger partial charge in [-0.1, -0.05) is 30.4 Å². The Bertz CT molecular complexity index is 334. The van der Waals surface area contributed by atoms with Crippen molar-refractivity contribution in [3.8, 4) is 0 Å². The van der Waals surface area contributed by atoms with Gasteiger partial charge in [-0.05, 0) is 23.8 Å². The van der Waals surface area contributed by atoms with Crippen LogP contribution in [0.25, 0.3) is 6.08 Å². The molecule has 0 atom stereocenters. The first-order valence-corrected chi connectivity index (χ1v) is 4.48. The van der Waals surface area contributed by atoms with Crippen LogP contribution in [0, 0.1) is 5.41 Å². The lowest BCUT2D eigenvalue weighted by atomic mass is 10.2. The number of anilines is 1. The Morgan fingerprint density at radius 2 is 1.79 bits per heavy atom. The fraction of sp³-hybridized carbons (Fsp3) is 0.0833. The van der Waals surface area contributed by atoms with Crippen molar-refractivity contribution < 1.29 is 0 Å². The van der Waals surface area contributed by atoms with Gasteiger partial charge in [0, 0.05) is 18.9 Å². The Hall–Kier alpha value is -1.83. The van der Waals surface area contributed by atoms with Crippen molar-refractivity contribution in [3.05, 3.63) is 48.1 Å². The summed E-state index contributed by atoms with van der Waals surface area (Å²) in [5.74, 6) is 0. The molecule has 1 aromatic rings. The van der Waals surface area contributed by atoms with Gasteiger partial charge in [-0.25, -0.2) is 0 Å². The molecule has 0 aliphatic heterocycles. The third-order valence-electron chi connectivity index (χ3n) is 1.81. The molecule has 0 heterocycles. The Morgan fingerprint density at radius 3 is 2.36 bits per heavy atom. The van der Waals surface area contributed by atoms with E-state index in [-0.39, 0.29) is 0 Å². The second kappa shape index (κ2) is 5.75. The maximum absolute atomic E-state index is 6.78. The predicted molar refractivity (Wildman–Crippen MR) is 62.9 cm³/mol. The number of rotatable bonds is 4. The Labute approximate surface area is 84.5 Å². The molecule has 0 aliphatic carbocycles. The van der Waals surface area contributed by atoms with E-state index in [9.17, 15) is 0 Å². The predicted octanol–water partition coefficient (Wildman–Crippen LogP) is 2.95. The Kier molecular flexibility index (Phi) is 4.21. The molecule has 2 heteroatoms. The van der Waals surface area contributed by atoms with Crippen molar-refractivity contribution in [3.63, 3.8) is 0 Å². The van der Waals surface area contributed by atoms with Crippen molar-refractivity contribution in [2.75, 3.05) is 12.4 Å². The van der Waals surface area contributed by atoms with E-state index in [1.54, 1.807) is 6.08 Å². The molecule has 0 fully saturated rings. The summed E-state index contributed by atoms with van der Waals surface area (Å²) in [6.07, 6.45) is 8.69. The Balaban J connectivity index is 2.63. The molecular weight excluding hydrogens is 172 g/mol. The van der Waals surface area contributed by atoms with E-state index in [1.807, 2.05) is 49.5 Å². The molecule has 0 spiro atoms. The van der Waals surface area contributed by atoms with Gasteiger partial charge in [-0.2, -0.15) is 0 Å². The van der Waals surface area contributed by atoms with Crippen LogP contribution in [0.1, 0.15) is 5.56 Å². The summed E-state index contributed by atoms with van der Waals surface area (Å²) in [6, 6.07) is 8.14. The van der Waals surface area contributed by atoms with E-state index in [2.05, 4.69) is 5.32 Å². The van der Waals surface area contributed by atoms with Crippen LogP contribution < -0.4 is 5.32 Å². The summed E-state index contributed by atoms with van der Waals surface area (Å²) in [4.78, 5) is 0. The third-order valence-corrected chi connectivity index (χ3v) is 1.81. The maximum Gasteiger partial charge on any atom is 0.0337 e. The molecule has 0 amide bonds. The van der Waals surface area contributed by atoms with Crippen LogP contribution in [-0.4, -0.2) is 13.3 Å². The van der Waals surface area contributed by atoms with Gasteiger partial charge < -0.3 is 10.7 Å². The summed E-state index contributed by atoms with van der Waals surface area (Å²) < 4.78 is 0. The molecule has 14 heavy (non-hydrogen) atoms. The number of hydrogen-bond donors (Lipinski definition) is 2. The molecule has 2 N–H and O–H groups in total. The largest absolute Gasteiger partial charge is 0.388 e. The van der Waals surface area contributed by atoms with Crippen molar-refractivity contribution >= 4 is 18.0 Å². The first-order chi connectivity index (χ1) is 6.86. The van der Waals surface area contributed by atoms with Gasteiger partial charge in [0.2, 0.25) is 0 Å². The molecule has 1 rings (SSSR count). The van der Waals surface area contributed by atoms with Crippen LogP contribution in [0.5, 0.6) is 0 Å². The molecule has 1 aromatic carbocycles. The number of allylic oxidation sites excluding steroid dienone is 3. The lowest BCUT2D eigenvalue weighted by molar-refractivity contribution is 1.51. The highest BCUT2D eigenvalue weighted by Gasteiger charge is 1.86. The SMILES string of the molecule is CNc1ccc(C=CC=CC=N)cc1. The Morgan fingerprint density at radius 1 is 1.07 bits per heavy atom. The van der Waals surface area contributed by atoms with E-state index < -0.39 is 0 Å². The smallest absolute Gasteiger partial charge is 0.0337 e. The molecule has 0 aromatic heterocycles. The van der Waals surface area contributed by atoms with Gasteiger partial charge in [0.05, 0.1) is 0 Å². The van der Waals surface area contributed by atoms with Crippen LogP contribution in [0.3, 0.4) is 0 Å². The van der Waals surface area contributed by atoms with Crippen LogP contribution in [0.4, 0.5) is 5.69 Å². The topological polar surface area (TPSA) is 35.9 Å². The highest BCUT2D eigenvalue weighted by Crippen LogP contribution is 2.09. The number of benzene rings is 1. The second-order valence-corrected chi connectivity index (χ2v) is 2.78. The fourth-order valence-corrected chi connectivity index (χ4v) is 1.05. The van der Waals surface area contributed by atoms with E-state index in [0.29, 0.717) is 0 Å². The minimum atomic E-state index is 1.11. The van der Waals surface area contributed by atoms with Crippen molar-refractivity contribution in [2.45, 2.75) is 0 Å². The van der Waals surface area contributed by atoms with Crippen molar-refractivity contribution in [1.82, 2.24) is 0 Å². The highest BCUT2D eigenvalue weighted by molar-refractivity contribution is 5.68. The van der Waals surface area contributed by atoms with Crippen LogP contribution >= 0.6 is 0 Å². The second-order valence-electron chi connectivity index (χ2n) is 2.78. The normalized spacial score (nSPS) is 10.9. The van der Waals surface area contributed by atoms with Gasteiger partial charge in [0.15, 0.2) is 0 Å². The molecule has 0 unspecified atom stereocenters. The first-order valence-electron chi connectivity index (χ1n) is 4.48. The van der Waals surface area contributed by atoms with Gasteiger partial charge in [0.1, 0.15) is 0 Å². The van der Waals surface area contributed by atoms with Gasteiger partial charge in [-0.3, -0.25) is 0 Å². The minimum Gasteiger partial charge on any atom is -0.388 e. The van der Waals surface area contributed by atoms with Crippen LogP contribution in [0.2, 0.25) is 0 Å². The zero-order chi connectivity index (χ0) is 10.2. The van der Waals surface area contributed by atoms with Crippen molar-refractivity contribution in [1.29, 1.82) is 5.41 Å². The van der Waals surface area contributed by atoms with Crippen molar-refractivity contribution in [2.24, 2.45) is 0 Å². The average molecular weight is 186 g/mol. The number of hydrogen-bond acceptors (Lipinski definition) is 2. The van der Waals surface area contributed by atoms with E-state index in [0.717, 1.165) is 11.3 Å². The summed E-state index contributed by atoms with van der Waals surface area (Å²) >= 11 is 0. The lowest BCUT2D eigenvalue weighted by Crippen LogP contribution is -1.86. The average Bonchev–Trinajstić information content (AvgIpc) is 2.25. The number of nitrogens with one attached hydrogen (secondary N) is 2. The fourth-order valence-electron chi connectivity index (χ4n) is 1.05. The summed E-state index contributed by atoms with van der Waals surface area (Å²) in [6.45, 7) is 0. The third kappa shape index (κ3) is 3.27. The standard InChI is InChI=1S/C12H14N2/c1-14-12-8-6-11(7-9-12)5-3-2-4-10-13/h2-10,13-14H,1H3. The molecule has 0 saturated heterocycles. The monoisotopic (exact) mass is 186 g/mol. The lowest BCUT2D eigenvalue weighted by Gasteiger charge is -1.98. The summed E-state index contributed by atoms with van der Waals surface area (Å²) in [7, 11) is 1.90. The van der Waals surface area contributed by atoms with Gasteiger partial charge in [-0.15, -0.1) is 0 Å². The van der Waals surface area contributed by atoms with E-state index in [1.165, 1.54) is 6.21 Å². The zero-order valence-electron chi connectivity index (χ0n) is 8.20.